The van der Waals surface area contributed by atoms with E-state index in [9.17, 15) is 4.79 Å². The van der Waals surface area contributed by atoms with E-state index in [1.165, 1.54) is 0 Å². The summed E-state index contributed by atoms with van der Waals surface area (Å²) in [5.74, 6) is 0. The van der Waals surface area contributed by atoms with Crippen molar-refractivity contribution in [3.05, 3.63) is 171 Å². The number of aryl methyl sites for hydroxylation is 1. The highest BCUT2D eigenvalue weighted by atomic mass is 32.1. The monoisotopic (exact) mass is 537 g/mol. The number of para-hydroxylation sites is 1. The van der Waals surface area contributed by atoms with Crippen LogP contribution in [0, 0.1) is 0 Å². The Balaban J connectivity index is 1.39. The van der Waals surface area contributed by atoms with Gasteiger partial charge in [-0.3, -0.25) is 4.79 Å². The van der Waals surface area contributed by atoms with Crippen molar-refractivity contribution in [3.63, 3.8) is 0 Å². The molecule has 0 radical (unpaired) electrons. The number of hydrogen-bond donors (Lipinski definition) is 0. The van der Waals surface area contributed by atoms with Gasteiger partial charge in [-0.1, -0.05) is 109 Å². The first-order valence-electron chi connectivity index (χ1n) is 13.4. The van der Waals surface area contributed by atoms with Gasteiger partial charge in [-0.15, -0.1) is 11.3 Å². The maximum Gasteiger partial charge on any atom is 0.193 e. The van der Waals surface area contributed by atoms with Crippen molar-refractivity contribution in [2.24, 2.45) is 7.05 Å². The molecule has 0 N–H and O–H groups in total. The molecule has 3 aromatic heterocycles. The minimum absolute atomic E-state index is 0.0838. The zero-order chi connectivity index (χ0) is 27.1. The van der Waals surface area contributed by atoms with E-state index in [1.54, 1.807) is 11.3 Å². The van der Waals surface area contributed by atoms with E-state index in [0.29, 0.717) is 6.42 Å². The Labute approximate surface area is 236 Å². The van der Waals surface area contributed by atoms with Crippen LogP contribution in [0.4, 0.5) is 0 Å². The van der Waals surface area contributed by atoms with E-state index in [1.807, 2.05) is 55.2 Å². The number of hydrogen-bond acceptors (Lipinski definition) is 3. The average molecular weight is 538 g/mol. The van der Waals surface area contributed by atoms with Crippen LogP contribution in [0.2, 0.25) is 0 Å². The van der Waals surface area contributed by atoms with E-state index in [-0.39, 0.29) is 5.43 Å². The molecule has 7 rings (SSSR count). The lowest BCUT2D eigenvalue weighted by Crippen LogP contribution is -2.36. The number of rotatable bonds is 6. The molecule has 0 aliphatic heterocycles. The molecule has 0 bridgehead atoms. The Morgan fingerprint density at radius 2 is 1.30 bits per heavy atom. The van der Waals surface area contributed by atoms with Gasteiger partial charge in [-0.2, -0.15) is 0 Å². The van der Waals surface area contributed by atoms with Crippen molar-refractivity contribution in [1.82, 2.24) is 14.1 Å². The van der Waals surface area contributed by atoms with Crippen molar-refractivity contribution < 1.29 is 0 Å². The molecule has 0 aliphatic carbocycles. The summed E-state index contributed by atoms with van der Waals surface area (Å²) < 4.78 is 4.32. The molecule has 0 saturated heterocycles. The zero-order valence-corrected chi connectivity index (χ0v) is 22.9. The van der Waals surface area contributed by atoms with Crippen molar-refractivity contribution in [2.45, 2.75) is 12.0 Å². The number of benzene rings is 4. The summed E-state index contributed by atoms with van der Waals surface area (Å²) in [4.78, 5) is 19.7. The number of imidazole rings is 1. The van der Waals surface area contributed by atoms with Crippen molar-refractivity contribution >= 4 is 32.5 Å². The van der Waals surface area contributed by atoms with Gasteiger partial charge >= 0.3 is 0 Å². The fourth-order valence-corrected chi connectivity index (χ4v) is 7.03. The van der Waals surface area contributed by atoms with Gasteiger partial charge in [-0.05, 0) is 22.8 Å². The standard InChI is InChI=1S/C35H27N3OS/c1-37-31-20-12-11-19-30(31)32-33(39)25(23-40-34(32)37)21-29-22-38(24-36-29)35(26-13-5-2-6-14-26,27-15-7-3-8-16-27)28-17-9-4-10-18-28/h2-20,22-24H,21H2,1H3. The Morgan fingerprint density at radius 1 is 0.750 bits per heavy atom. The second kappa shape index (κ2) is 9.78. The van der Waals surface area contributed by atoms with Gasteiger partial charge in [0, 0.05) is 41.5 Å². The molecule has 0 saturated carbocycles. The van der Waals surface area contributed by atoms with Crippen LogP contribution in [-0.4, -0.2) is 14.1 Å². The molecule has 4 nitrogen and oxygen atoms in total. The third-order valence-electron chi connectivity index (χ3n) is 7.85. The summed E-state index contributed by atoms with van der Waals surface area (Å²) >= 11 is 1.62. The fraction of sp³-hybridized carbons (Fsp3) is 0.0857. The van der Waals surface area contributed by atoms with Gasteiger partial charge in [0.2, 0.25) is 0 Å². The smallest absolute Gasteiger partial charge is 0.193 e. The lowest BCUT2D eigenvalue weighted by atomic mass is 9.77. The summed E-state index contributed by atoms with van der Waals surface area (Å²) in [5.41, 5.74) is 5.57. The van der Waals surface area contributed by atoms with Crippen molar-refractivity contribution in [3.8, 4) is 0 Å². The molecule has 0 amide bonds. The highest BCUT2D eigenvalue weighted by Crippen LogP contribution is 2.41. The van der Waals surface area contributed by atoms with Crippen LogP contribution in [0.25, 0.3) is 21.1 Å². The summed E-state index contributed by atoms with van der Waals surface area (Å²) in [5, 5.41) is 3.80. The van der Waals surface area contributed by atoms with Gasteiger partial charge in [0.15, 0.2) is 5.43 Å². The lowest BCUT2D eigenvalue weighted by molar-refractivity contribution is 0.514. The van der Waals surface area contributed by atoms with Crippen LogP contribution >= 0.6 is 11.3 Å². The zero-order valence-electron chi connectivity index (χ0n) is 22.1. The Hall–Kier alpha value is -4.74. The third-order valence-corrected chi connectivity index (χ3v) is 8.96. The summed E-state index contributed by atoms with van der Waals surface area (Å²) in [6, 6.07) is 39.8. The third kappa shape index (κ3) is 3.74. The lowest BCUT2D eigenvalue weighted by Gasteiger charge is -2.37. The molecule has 0 fully saturated rings. The molecule has 0 spiro atoms. The molecule has 194 valence electrons. The molecule has 4 aromatic carbocycles. The molecule has 40 heavy (non-hydrogen) atoms. The number of aromatic nitrogens is 3. The Morgan fingerprint density at radius 3 is 1.90 bits per heavy atom. The molecule has 5 heteroatoms. The van der Waals surface area contributed by atoms with Crippen LogP contribution in [0.15, 0.2) is 138 Å². The van der Waals surface area contributed by atoms with Crippen LogP contribution in [0.5, 0.6) is 0 Å². The number of nitrogens with zero attached hydrogens (tertiary/aromatic N) is 3. The first-order valence-corrected chi connectivity index (χ1v) is 14.2. The highest BCUT2D eigenvalue weighted by Gasteiger charge is 2.38. The van der Waals surface area contributed by atoms with Gasteiger partial charge in [0.05, 0.1) is 17.4 Å². The van der Waals surface area contributed by atoms with Gasteiger partial charge in [0.1, 0.15) is 10.4 Å². The van der Waals surface area contributed by atoms with Crippen molar-refractivity contribution in [1.29, 1.82) is 0 Å². The van der Waals surface area contributed by atoms with E-state index < -0.39 is 5.54 Å². The van der Waals surface area contributed by atoms with Gasteiger partial charge in [-0.25, -0.2) is 4.98 Å². The molecular formula is C35H27N3OS. The SMILES string of the molecule is Cn1c2ccccc2c2c(=O)c(Cc3cn(C(c4ccccc4)(c4ccccc4)c4ccccc4)cn3)csc21. The van der Waals surface area contributed by atoms with E-state index in [2.05, 4.69) is 94.2 Å². The second-order valence-electron chi connectivity index (χ2n) is 10.1. The topological polar surface area (TPSA) is 39.8 Å². The van der Waals surface area contributed by atoms with E-state index in [4.69, 9.17) is 4.98 Å². The first kappa shape index (κ1) is 24.3. The van der Waals surface area contributed by atoms with E-state index in [0.717, 1.165) is 49.1 Å². The van der Waals surface area contributed by atoms with Gasteiger partial charge < -0.3 is 9.13 Å². The van der Waals surface area contributed by atoms with Crippen LogP contribution in [-0.2, 0) is 19.0 Å². The second-order valence-corrected chi connectivity index (χ2v) is 11.0. The Kier molecular flexibility index (Phi) is 5.94. The number of fused-ring (bicyclic) bond motifs is 3. The summed E-state index contributed by atoms with van der Waals surface area (Å²) in [6.45, 7) is 0. The van der Waals surface area contributed by atoms with Gasteiger partial charge in [0.25, 0.3) is 0 Å². The minimum atomic E-state index is -0.627. The maximum atomic E-state index is 13.8. The molecule has 0 aliphatic rings. The average Bonchev–Trinajstić information content (AvgIpc) is 3.60. The van der Waals surface area contributed by atoms with Crippen LogP contribution in [0.1, 0.15) is 27.9 Å². The van der Waals surface area contributed by atoms with Crippen molar-refractivity contribution in [2.75, 3.05) is 0 Å². The maximum absolute atomic E-state index is 13.8. The summed E-state index contributed by atoms with van der Waals surface area (Å²) in [7, 11) is 2.03. The quantitative estimate of drug-likeness (QED) is 0.208. The minimum Gasteiger partial charge on any atom is -0.335 e. The molecule has 0 atom stereocenters. The highest BCUT2D eigenvalue weighted by molar-refractivity contribution is 7.16. The Bertz CT molecular complexity index is 1910. The van der Waals surface area contributed by atoms with Crippen LogP contribution in [0.3, 0.4) is 0 Å². The largest absolute Gasteiger partial charge is 0.335 e. The molecule has 3 heterocycles. The fourth-order valence-electron chi connectivity index (χ4n) is 6.01. The predicted octanol–water partition coefficient (Wildman–Crippen LogP) is 7.38. The molecule has 0 unspecified atom stereocenters. The molecule has 7 aromatic rings. The van der Waals surface area contributed by atoms with Crippen LogP contribution < -0.4 is 5.43 Å². The predicted molar refractivity (Wildman–Crippen MR) is 164 cm³/mol. The first-order chi connectivity index (χ1) is 19.7. The normalized spacial score (nSPS) is 11.8. The summed E-state index contributed by atoms with van der Waals surface area (Å²) in [6.07, 6.45) is 4.48. The van der Waals surface area contributed by atoms with E-state index >= 15 is 0 Å². The molecular weight excluding hydrogens is 510 g/mol.